The molecule has 0 aromatic rings. The largest absolute Gasteiger partial charge is 0.379 e. The van der Waals surface area contributed by atoms with Crippen molar-refractivity contribution in [2.24, 2.45) is 11.3 Å². The van der Waals surface area contributed by atoms with Crippen LogP contribution in [0, 0.1) is 11.3 Å². The molecule has 0 aromatic heterocycles. The molecule has 0 N–H and O–H groups in total. The number of ether oxygens (including phenoxy) is 2. The molecule has 0 aromatic carbocycles. The first-order chi connectivity index (χ1) is 7.95. The van der Waals surface area contributed by atoms with Crippen molar-refractivity contribution in [2.45, 2.75) is 26.6 Å². The van der Waals surface area contributed by atoms with E-state index in [1.807, 2.05) is 13.8 Å². The Morgan fingerprint density at radius 3 is 2.35 bits per heavy atom. The van der Waals surface area contributed by atoms with E-state index in [1.165, 1.54) is 0 Å². The molecule has 98 valence electrons. The Labute approximate surface area is 98.9 Å². The number of nitrogens with zero attached hydrogens (tertiary/aromatic N) is 1. The third-order valence-corrected chi connectivity index (χ3v) is 3.68. The lowest BCUT2D eigenvalue weighted by molar-refractivity contribution is -0.215. The van der Waals surface area contributed by atoms with Crippen LogP contribution in [0.4, 0.5) is 8.78 Å². The molecule has 0 spiro atoms. The van der Waals surface area contributed by atoms with Crippen LogP contribution in [-0.2, 0) is 14.3 Å². The predicted molar refractivity (Wildman–Crippen MR) is 55.5 cm³/mol. The molecule has 1 amide bonds. The van der Waals surface area contributed by atoms with Crippen LogP contribution in [0.15, 0.2) is 0 Å². The fourth-order valence-corrected chi connectivity index (χ4v) is 2.18. The molecule has 2 heterocycles. The quantitative estimate of drug-likeness (QED) is 0.749. The van der Waals surface area contributed by atoms with Gasteiger partial charge in [0.2, 0.25) is 5.91 Å². The van der Waals surface area contributed by atoms with Gasteiger partial charge in [0, 0.05) is 13.1 Å². The van der Waals surface area contributed by atoms with Crippen molar-refractivity contribution in [2.75, 3.05) is 26.3 Å². The summed E-state index contributed by atoms with van der Waals surface area (Å²) < 4.78 is 33.3. The van der Waals surface area contributed by atoms with Gasteiger partial charge in [-0.25, -0.2) is 0 Å². The monoisotopic (exact) mass is 249 g/mol. The zero-order valence-corrected chi connectivity index (χ0v) is 9.99. The molecule has 0 aliphatic carbocycles. The summed E-state index contributed by atoms with van der Waals surface area (Å²) in [7, 11) is 0. The Morgan fingerprint density at radius 2 is 2.00 bits per heavy atom. The number of hydrogen-bond acceptors (Lipinski definition) is 3. The minimum Gasteiger partial charge on any atom is -0.379 e. The third kappa shape index (κ3) is 2.15. The Balaban J connectivity index is 1.86. The second-order valence-electron chi connectivity index (χ2n) is 5.03. The van der Waals surface area contributed by atoms with E-state index in [9.17, 15) is 13.6 Å². The summed E-state index contributed by atoms with van der Waals surface area (Å²) in [6, 6.07) is 0. The maximum atomic E-state index is 12.2. The van der Waals surface area contributed by atoms with Crippen molar-refractivity contribution in [3.63, 3.8) is 0 Å². The number of halogens is 2. The number of alkyl halides is 2. The summed E-state index contributed by atoms with van der Waals surface area (Å²) in [5.74, 6) is 0.201. The molecule has 0 atom stereocenters. The first-order valence-corrected chi connectivity index (χ1v) is 5.76. The normalized spacial score (nSPS) is 23.8. The molecular weight excluding hydrogens is 232 g/mol. The molecule has 2 aliphatic heterocycles. The van der Waals surface area contributed by atoms with E-state index in [0.29, 0.717) is 13.2 Å². The highest BCUT2D eigenvalue weighted by Crippen LogP contribution is 2.38. The molecule has 2 rings (SSSR count). The molecule has 0 radical (unpaired) electrons. The number of carbonyl (C=O) groups excluding carboxylic acids is 1. The summed E-state index contributed by atoms with van der Waals surface area (Å²) in [5.41, 5.74) is -0.449. The zero-order chi connectivity index (χ0) is 12.6. The third-order valence-electron chi connectivity index (χ3n) is 3.68. The van der Waals surface area contributed by atoms with Gasteiger partial charge in [-0.1, -0.05) is 13.8 Å². The molecule has 17 heavy (non-hydrogen) atoms. The first-order valence-electron chi connectivity index (χ1n) is 5.76. The van der Waals surface area contributed by atoms with Crippen LogP contribution in [0.3, 0.4) is 0 Å². The molecule has 2 fully saturated rings. The van der Waals surface area contributed by atoms with Crippen molar-refractivity contribution in [3.8, 4) is 0 Å². The molecule has 0 saturated carbocycles. The van der Waals surface area contributed by atoms with Gasteiger partial charge in [0.25, 0.3) is 0 Å². The lowest BCUT2D eigenvalue weighted by Gasteiger charge is -2.49. The van der Waals surface area contributed by atoms with Crippen LogP contribution in [-0.4, -0.2) is 49.8 Å². The van der Waals surface area contributed by atoms with Crippen molar-refractivity contribution in [1.82, 2.24) is 4.90 Å². The number of likely N-dealkylation sites (tertiary alicyclic amines) is 1. The Morgan fingerprint density at radius 1 is 1.41 bits per heavy atom. The van der Waals surface area contributed by atoms with E-state index in [0.717, 1.165) is 0 Å². The van der Waals surface area contributed by atoms with Crippen LogP contribution in [0.1, 0.15) is 13.8 Å². The highest BCUT2D eigenvalue weighted by atomic mass is 19.3. The molecular formula is C11H17F2NO3. The van der Waals surface area contributed by atoms with Crippen LogP contribution < -0.4 is 0 Å². The summed E-state index contributed by atoms with van der Waals surface area (Å²) in [6.07, 6.45) is -0.524. The highest BCUT2D eigenvalue weighted by molar-refractivity contribution is 5.85. The molecule has 2 aliphatic rings. The summed E-state index contributed by atoms with van der Waals surface area (Å²) in [4.78, 5) is 13.8. The smallest absolute Gasteiger partial charge is 0.345 e. The maximum Gasteiger partial charge on any atom is 0.345 e. The fourth-order valence-electron chi connectivity index (χ4n) is 2.18. The standard InChI is InChI=1S/C11H17F2NO3/c1-7(2)11(5-16-6-11)9(15)14-3-8(4-14)17-10(12)13/h7-8,10H,3-6H2,1-2H3. The zero-order valence-electron chi connectivity index (χ0n) is 9.99. The van der Waals surface area contributed by atoms with Crippen LogP contribution in [0.2, 0.25) is 0 Å². The van der Waals surface area contributed by atoms with E-state index in [-0.39, 0.29) is 24.9 Å². The van der Waals surface area contributed by atoms with Gasteiger partial charge < -0.3 is 14.4 Å². The summed E-state index contributed by atoms with van der Waals surface area (Å²) in [5, 5.41) is 0. The van der Waals surface area contributed by atoms with Crippen LogP contribution in [0.25, 0.3) is 0 Å². The fraction of sp³-hybridized carbons (Fsp3) is 0.909. The van der Waals surface area contributed by atoms with Crippen LogP contribution in [0.5, 0.6) is 0 Å². The second kappa shape index (κ2) is 4.49. The van der Waals surface area contributed by atoms with Crippen molar-refractivity contribution in [1.29, 1.82) is 0 Å². The molecule has 6 heteroatoms. The number of carbonyl (C=O) groups is 1. The first kappa shape index (κ1) is 12.7. The van der Waals surface area contributed by atoms with Gasteiger partial charge in [0.15, 0.2) is 0 Å². The molecule has 2 saturated heterocycles. The second-order valence-corrected chi connectivity index (χ2v) is 5.03. The van der Waals surface area contributed by atoms with E-state index in [4.69, 9.17) is 4.74 Å². The van der Waals surface area contributed by atoms with Gasteiger partial charge >= 0.3 is 6.61 Å². The minimum absolute atomic E-state index is 0.00728. The number of hydrogen-bond donors (Lipinski definition) is 0. The summed E-state index contributed by atoms with van der Waals surface area (Å²) >= 11 is 0. The molecule has 0 bridgehead atoms. The Bertz CT molecular complexity index is 299. The number of rotatable bonds is 4. The topological polar surface area (TPSA) is 38.8 Å². The summed E-state index contributed by atoms with van der Waals surface area (Å²) in [6.45, 7) is 2.58. The van der Waals surface area contributed by atoms with Gasteiger partial charge in [-0.2, -0.15) is 8.78 Å². The van der Waals surface area contributed by atoms with Crippen molar-refractivity contribution >= 4 is 5.91 Å². The average Bonchev–Trinajstić information content (AvgIpc) is 2.06. The van der Waals surface area contributed by atoms with E-state index in [2.05, 4.69) is 4.74 Å². The Hall–Kier alpha value is -0.750. The molecule has 4 nitrogen and oxygen atoms in total. The van der Waals surface area contributed by atoms with Crippen molar-refractivity contribution < 1.29 is 23.0 Å². The SMILES string of the molecule is CC(C)C1(C(=O)N2CC(OC(F)F)C2)COC1. The van der Waals surface area contributed by atoms with E-state index < -0.39 is 18.1 Å². The van der Waals surface area contributed by atoms with Gasteiger partial charge in [-0.05, 0) is 5.92 Å². The van der Waals surface area contributed by atoms with Gasteiger partial charge in [0.05, 0.1) is 24.7 Å². The highest BCUT2D eigenvalue weighted by Gasteiger charge is 2.52. The van der Waals surface area contributed by atoms with Crippen molar-refractivity contribution in [3.05, 3.63) is 0 Å². The average molecular weight is 249 g/mol. The van der Waals surface area contributed by atoms with E-state index >= 15 is 0 Å². The Kier molecular flexibility index (Phi) is 3.36. The molecule has 0 unspecified atom stereocenters. The minimum atomic E-state index is -2.76. The van der Waals surface area contributed by atoms with Gasteiger partial charge in [0.1, 0.15) is 0 Å². The predicted octanol–water partition coefficient (Wildman–Crippen LogP) is 1.11. The van der Waals surface area contributed by atoms with Gasteiger partial charge in [-0.3, -0.25) is 4.79 Å². The van der Waals surface area contributed by atoms with Gasteiger partial charge in [-0.15, -0.1) is 0 Å². The maximum absolute atomic E-state index is 12.2. The lowest BCUT2D eigenvalue weighted by atomic mass is 9.73. The van der Waals surface area contributed by atoms with Crippen LogP contribution >= 0.6 is 0 Å². The van der Waals surface area contributed by atoms with E-state index in [1.54, 1.807) is 4.90 Å². The lowest BCUT2D eigenvalue weighted by Crippen LogP contribution is -2.65. The number of amides is 1.